The van der Waals surface area contributed by atoms with E-state index in [4.69, 9.17) is 14.2 Å². The molecule has 5 nitrogen and oxygen atoms in total. The van der Waals surface area contributed by atoms with Crippen LogP contribution in [0.4, 0.5) is 0 Å². The monoisotopic (exact) mass is 472 g/mol. The van der Waals surface area contributed by atoms with Gasteiger partial charge in [-0.1, -0.05) is 31.9 Å². The predicted octanol–water partition coefficient (Wildman–Crippen LogP) is 6.00. The molecule has 4 saturated carbocycles. The number of carbonyl (C=O) groups is 2. The van der Waals surface area contributed by atoms with E-state index in [1.807, 2.05) is 7.11 Å². The topological polar surface area (TPSA) is 61.8 Å². The number of rotatable bonds is 5. The van der Waals surface area contributed by atoms with Gasteiger partial charge < -0.3 is 14.2 Å². The fourth-order valence-electron chi connectivity index (χ4n) is 9.12. The highest BCUT2D eigenvalue weighted by Gasteiger charge is 2.62. The molecule has 0 aromatic carbocycles. The minimum Gasteiger partial charge on any atom is -0.465 e. The molecule has 7 atom stereocenters. The Hall–Kier alpha value is -1.20. The molecule has 5 heteroatoms. The van der Waals surface area contributed by atoms with Gasteiger partial charge >= 0.3 is 5.97 Å². The fourth-order valence-corrected chi connectivity index (χ4v) is 9.12. The van der Waals surface area contributed by atoms with Gasteiger partial charge in [-0.2, -0.15) is 0 Å². The van der Waals surface area contributed by atoms with E-state index in [2.05, 4.69) is 19.9 Å². The lowest BCUT2D eigenvalue weighted by atomic mass is 9.45. The van der Waals surface area contributed by atoms with Crippen LogP contribution in [0.2, 0.25) is 0 Å². The van der Waals surface area contributed by atoms with E-state index in [-0.39, 0.29) is 28.8 Å². The van der Waals surface area contributed by atoms with Crippen molar-refractivity contribution >= 4 is 11.8 Å². The average Bonchev–Trinajstić information content (AvgIpc) is 3.14. The molecule has 5 aliphatic rings. The Morgan fingerprint density at radius 1 is 1.09 bits per heavy atom. The lowest BCUT2D eigenvalue weighted by Crippen LogP contribution is -2.57. The lowest BCUT2D eigenvalue weighted by Gasteiger charge is -2.60. The van der Waals surface area contributed by atoms with Gasteiger partial charge in [0, 0.05) is 45.1 Å². The maximum atomic E-state index is 12.5. The summed E-state index contributed by atoms with van der Waals surface area (Å²) in [6.07, 6.45) is 15.0. The molecule has 34 heavy (non-hydrogen) atoms. The first kappa shape index (κ1) is 24.5. The van der Waals surface area contributed by atoms with E-state index in [1.165, 1.54) is 38.2 Å². The van der Waals surface area contributed by atoms with Crippen LogP contribution in [0.3, 0.4) is 0 Å². The van der Waals surface area contributed by atoms with Crippen LogP contribution >= 0.6 is 0 Å². The number of fused-ring (bicyclic) bond motifs is 5. The third-order valence-corrected chi connectivity index (χ3v) is 10.9. The van der Waals surface area contributed by atoms with Crippen molar-refractivity contribution in [1.29, 1.82) is 0 Å². The summed E-state index contributed by atoms with van der Waals surface area (Å²) in [7, 11) is 1.83. The summed E-state index contributed by atoms with van der Waals surface area (Å²) in [6, 6.07) is 0. The first-order chi connectivity index (χ1) is 16.2. The van der Waals surface area contributed by atoms with Crippen LogP contribution in [0, 0.1) is 34.5 Å². The van der Waals surface area contributed by atoms with Crippen molar-refractivity contribution in [2.75, 3.05) is 13.7 Å². The molecule has 0 heterocycles. The highest BCUT2D eigenvalue weighted by atomic mass is 16.7. The van der Waals surface area contributed by atoms with E-state index < -0.39 is 5.79 Å². The third-order valence-electron chi connectivity index (χ3n) is 10.9. The Kier molecular flexibility index (Phi) is 6.50. The van der Waals surface area contributed by atoms with Crippen LogP contribution in [0.15, 0.2) is 11.6 Å². The molecular formula is C29H44O5. The number of carbonyl (C=O) groups excluding carboxylic acids is 2. The standard InChI is InChI=1S/C29H44O5/c1-19-16-22(31)17-21-8-9-23-24-10-11-26(34-28(32-4)13-6-5-7-14-28)27(24,3)15-12-25(23)29(19,21)18-33-20(2)30/h8,19,23-26H,5-7,9-18H2,1-4H3/t19-,23+,24+,25+,26+,27+,29+/m1/s1. The van der Waals surface area contributed by atoms with E-state index >= 15 is 0 Å². The van der Waals surface area contributed by atoms with Crippen LogP contribution in [0.25, 0.3) is 0 Å². The number of Topliss-reactive ketones (excluding diaryl/α,β-unsaturated/α-hetero) is 1. The number of ether oxygens (including phenoxy) is 3. The van der Waals surface area contributed by atoms with Gasteiger partial charge in [-0.05, 0) is 74.0 Å². The normalized spacial score (nSPS) is 43.4. The molecule has 5 rings (SSSR count). The zero-order valence-corrected chi connectivity index (χ0v) is 21.7. The molecular weight excluding hydrogens is 428 g/mol. The quantitative estimate of drug-likeness (QED) is 0.279. The Morgan fingerprint density at radius 3 is 2.56 bits per heavy atom. The molecule has 0 saturated heterocycles. The molecule has 0 aliphatic heterocycles. The Labute approximate surface area is 205 Å². The lowest BCUT2D eigenvalue weighted by molar-refractivity contribution is -0.280. The second-order valence-corrected chi connectivity index (χ2v) is 12.4. The van der Waals surface area contributed by atoms with Gasteiger partial charge in [0.15, 0.2) is 5.79 Å². The van der Waals surface area contributed by atoms with Crippen LogP contribution in [0.1, 0.15) is 97.8 Å². The number of allylic oxidation sites excluding steroid dienone is 1. The van der Waals surface area contributed by atoms with Gasteiger partial charge in [-0.15, -0.1) is 0 Å². The van der Waals surface area contributed by atoms with Crippen molar-refractivity contribution in [3.63, 3.8) is 0 Å². The highest BCUT2D eigenvalue weighted by Crippen LogP contribution is 2.66. The summed E-state index contributed by atoms with van der Waals surface area (Å²) in [5.41, 5.74) is 1.24. The van der Waals surface area contributed by atoms with Crippen molar-refractivity contribution in [3.05, 3.63) is 11.6 Å². The van der Waals surface area contributed by atoms with E-state index in [0.717, 1.165) is 38.5 Å². The second-order valence-electron chi connectivity index (χ2n) is 12.4. The van der Waals surface area contributed by atoms with Crippen LogP contribution in [-0.2, 0) is 23.8 Å². The van der Waals surface area contributed by atoms with Gasteiger partial charge in [0.1, 0.15) is 12.4 Å². The summed E-state index contributed by atoms with van der Waals surface area (Å²) >= 11 is 0. The maximum Gasteiger partial charge on any atom is 0.302 e. The van der Waals surface area contributed by atoms with E-state index in [0.29, 0.717) is 43.0 Å². The minimum absolute atomic E-state index is 0.159. The van der Waals surface area contributed by atoms with Crippen molar-refractivity contribution in [3.8, 4) is 0 Å². The van der Waals surface area contributed by atoms with E-state index in [1.54, 1.807) is 0 Å². The van der Waals surface area contributed by atoms with E-state index in [9.17, 15) is 9.59 Å². The molecule has 0 aromatic rings. The number of ketones is 1. The minimum atomic E-state index is -0.397. The number of methoxy groups -OCH3 is 1. The Balaban J connectivity index is 1.43. The number of esters is 1. The number of hydrogen-bond donors (Lipinski definition) is 0. The summed E-state index contributed by atoms with van der Waals surface area (Å²) in [5.74, 6) is 1.57. The number of hydrogen-bond acceptors (Lipinski definition) is 5. The zero-order valence-electron chi connectivity index (χ0n) is 21.7. The van der Waals surface area contributed by atoms with Crippen LogP contribution < -0.4 is 0 Å². The molecule has 0 N–H and O–H groups in total. The zero-order chi connectivity index (χ0) is 24.1. The van der Waals surface area contributed by atoms with Crippen molar-refractivity contribution < 1.29 is 23.8 Å². The van der Waals surface area contributed by atoms with Crippen molar-refractivity contribution in [2.45, 2.75) is 110 Å². The molecule has 190 valence electrons. The van der Waals surface area contributed by atoms with Crippen molar-refractivity contribution in [2.24, 2.45) is 34.5 Å². The predicted molar refractivity (Wildman–Crippen MR) is 130 cm³/mol. The molecule has 0 unspecified atom stereocenters. The molecule has 0 amide bonds. The third kappa shape index (κ3) is 3.80. The van der Waals surface area contributed by atoms with Crippen LogP contribution in [-0.4, -0.2) is 37.4 Å². The molecule has 0 radical (unpaired) electrons. The van der Waals surface area contributed by atoms with Crippen LogP contribution in [0.5, 0.6) is 0 Å². The summed E-state index contributed by atoms with van der Waals surface area (Å²) in [5, 5.41) is 0. The smallest absolute Gasteiger partial charge is 0.302 e. The summed E-state index contributed by atoms with van der Waals surface area (Å²) in [4.78, 5) is 24.4. The van der Waals surface area contributed by atoms with Gasteiger partial charge in [0.2, 0.25) is 0 Å². The molecule has 0 bridgehead atoms. The van der Waals surface area contributed by atoms with Gasteiger partial charge in [-0.25, -0.2) is 0 Å². The average molecular weight is 473 g/mol. The summed E-state index contributed by atoms with van der Waals surface area (Å²) in [6.45, 7) is 6.63. The van der Waals surface area contributed by atoms with Crippen molar-refractivity contribution in [1.82, 2.24) is 0 Å². The molecule has 5 aliphatic carbocycles. The van der Waals surface area contributed by atoms with Gasteiger partial charge in [0.05, 0.1) is 6.10 Å². The maximum absolute atomic E-state index is 12.5. The SMILES string of the molecule is COC1(O[C@H]2CC[C@H]3[C@@H]4CC=C5CC(=O)C[C@@H](C)[C@]5(COC(C)=O)[C@H]4CC[C@]23C)CCCCC1. The highest BCUT2D eigenvalue weighted by molar-refractivity contribution is 5.83. The molecule has 0 spiro atoms. The van der Waals surface area contributed by atoms with Gasteiger partial charge in [-0.3, -0.25) is 9.59 Å². The second kappa shape index (κ2) is 9.03. The first-order valence-corrected chi connectivity index (χ1v) is 13.8. The Bertz CT molecular complexity index is 841. The molecule has 0 aromatic heterocycles. The van der Waals surface area contributed by atoms with Gasteiger partial charge in [0.25, 0.3) is 0 Å². The largest absolute Gasteiger partial charge is 0.465 e. The summed E-state index contributed by atoms with van der Waals surface area (Å²) < 4.78 is 18.7. The molecule has 4 fully saturated rings. The first-order valence-electron chi connectivity index (χ1n) is 13.8. The fraction of sp³-hybridized carbons (Fsp3) is 0.862. The Morgan fingerprint density at radius 2 is 1.85 bits per heavy atom.